The Morgan fingerprint density at radius 1 is 1.50 bits per heavy atom. The molecule has 4 heteroatoms. The average molecular weight is 290 g/mol. The van der Waals surface area contributed by atoms with Gasteiger partial charge in [-0.05, 0) is 43.7 Å². The molecule has 0 unspecified atom stereocenters. The summed E-state index contributed by atoms with van der Waals surface area (Å²) in [5.74, 6) is 0.00769. The molecule has 20 heavy (non-hydrogen) atoms. The molecule has 1 aliphatic carbocycles. The van der Waals surface area contributed by atoms with Crippen LogP contribution in [0.3, 0.4) is 0 Å². The van der Waals surface area contributed by atoms with Crippen LogP contribution in [0.25, 0.3) is 0 Å². The first-order valence-corrected chi connectivity index (χ1v) is 8.20. The number of thiophene rings is 1. The highest BCUT2D eigenvalue weighted by Crippen LogP contribution is 2.38. The van der Waals surface area contributed by atoms with E-state index in [1.165, 1.54) is 10.4 Å². The highest BCUT2D eigenvalue weighted by molar-refractivity contribution is 7.14. The summed E-state index contributed by atoms with van der Waals surface area (Å²) in [4.78, 5) is 16.4. The highest BCUT2D eigenvalue weighted by Gasteiger charge is 2.43. The van der Waals surface area contributed by atoms with Crippen LogP contribution >= 0.6 is 11.3 Å². The third-order valence-corrected chi connectivity index (χ3v) is 5.53. The van der Waals surface area contributed by atoms with Crippen molar-refractivity contribution in [1.29, 1.82) is 5.26 Å². The Balaban J connectivity index is 2.23. The molecule has 1 aliphatic rings. The quantitative estimate of drug-likeness (QED) is 0.828. The van der Waals surface area contributed by atoms with Crippen LogP contribution in [-0.2, 0) is 12.8 Å². The summed E-state index contributed by atoms with van der Waals surface area (Å²) in [5.41, 5.74) is 0.728. The van der Waals surface area contributed by atoms with Crippen LogP contribution in [0.2, 0.25) is 0 Å². The molecule has 0 spiro atoms. The van der Waals surface area contributed by atoms with E-state index in [-0.39, 0.29) is 5.91 Å². The Morgan fingerprint density at radius 2 is 2.20 bits per heavy atom. The summed E-state index contributed by atoms with van der Waals surface area (Å²) in [7, 11) is 1.77. The standard InChI is InChI=1S/C16H22N2OS/c1-4-7-13-12(5-2)10-14(20-13)15(19)18(3)16(11-17)8-6-9-16/h10H,4-9H2,1-3H3. The minimum atomic E-state index is -0.557. The van der Waals surface area contributed by atoms with E-state index in [0.717, 1.165) is 43.4 Å². The molecule has 1 saturated carbocycles. The van der Waals surface area contributed by atoms with Crippen LogP contribution in [0.1, 0.15) is 59.6 Å². The Hall–Kier alpha value is -1.34. The van der Waals surface area contributed by atoms with E-state index in [4.69, 9.17) is 0 Å². The molecule has 0 aliphatic heterocycles. The van der Waals surface area contributed by atoms with Gasteiger partial charge in [-0.1, -0.05) is 20.3 Å². The molecule has 0 saturated heterocycles. The number of rotatable bonds is 5. The van der Waals surface area contributed by atoms with Crippen molar-refractivity contribution in [2.24, 2.45) is 0 Å². The van der Waals surface area contributed by atoms with Crippen LogP contribution in [-0.4, -0.2) is 23.4 Å². The lowest BCUT2D eigenvalue weighted by atomic mass is 9.76. The number of hydrogen-bond acceptors (Lipinski definition) is 3. The van der Waals surface area contributed by atoms with Gasteiger partial charge in [-0.3, -0.25) is 4.79 Å². The second kappa shape index (κ2) is 5.97. The molecule has 1 fully saturated rings. The van der Waals surface area contributed by atoms with E-state index in [2.05, 4.69) is 19.9 Å². The number of carbonyl (C=O) groups is 1. The van der Waals surface area contributed by atoms with Crippen LogP contribution in [0, 0.1) is 11.3 Å². The lowest BCUT2D eigenvalue weighted by molar-refractivity contribution is 0.0502. The van der Waals surface area contributed by atoms with Crippen molar-refractivity contribution in [2.45, 2.75) is 57.9 Å². The number of nitrogens with zero attached hydrogens (tertiary/aromatic N) is 2. The number of nitriles is 1. The Bertz CT molecular complexity index is 537. The van der Waals surface area contributed by atoms with Crippen molar-refractivity contribution in [2.75, 3.05) is 7.05 Å². The fraction of sp³-hybridized carbons (Fsp3) is 0.625. The van der Waals surface area contributed by atoms with Crippen molar-refractivity contribution in [3.05, 3.63) is 21.4 Å². The van der Waals surface area contributed by atoms with E-state index in [1.54, 1.807) is 23.3 Å². The lowest BCUT2D eigenvalue weighted by Crippen LogP contribution is -2.53. The first kappa shape index (κ1) is 15.1. The van der Waals surface area contributed by atoms with Gasteiger partial charge in [0.15, 0.2) is 0 Å². The van der Waals surface area contributed by atoms with Gasteiger partial charge in [0.05, 0.1) is 10.9 Å². The predicted octanol–water partition coefficient (Wildman–Crippen LogP) is 3.78. The highest BCUT2D eigenvalue weighted by atomic mass is 32.1. The fourth-order valence-electron chi connectivity index (χ4n) is 2.70. The van der Waals surface area contributed by atoms with E-state index >= 15 is 0 Å². The third-order valence-electron chi connectivity index (χ3n) is 4.30. The van der Waals surface area contributed by atoms with Gasteiger partial charge < -0.3 is 4.90 Å². The minimum absolute atomic E-state index is 0.00769. The molecule has 0 bridgehead atoms. The van der Waals surface area contributed by atoms with Crippen LogP contribution in [0.15, 0.2) is 6.07 Å². The van der Waals surface area contributed by atoms with Crippen LogP contribution < -0.4 is 0 Å². The summed E-state index contributed by atoms with van der Waals surface area (Å²) in [6.07, 6.45) is 5.75. The summed E-state index contributed by atoms with van der Waals surface area (Å²) < 4.78 is 0. The molecule has 0 atom stereocenters. The number of carbonyl (C=O) groups excluding carboxylic acids is 1. The van der Waals surface area contributed by atoms with Crippen LogP contribution in [0.4, 0.5) is 0 Å². The zero-order chi connectivity index (χ0) is 14.8. The van der Waals surface area contributed by atoms with E-state index in [9.17, 15) is 10.1 Å². The minimum Gasteiger partial charge on any atom is -0.322 e. The van der Waals surface area contributed by atoms with E-state index in [1.807, 2.05) is 6.07 Å². The van der Waals surface area contributed by atoms with Gasteiger partial charge in [-0.25, -0.2) is 0 Å². The van der Waals surface area contributed by atoms with Gasteiger partial charge in [0.1, 0.15) is 5.54 Å². The molecule has 108 valence electrons. The largest absolute Gasteiger partial charge is 0.322 e. The second-order valence-corrected chi connectivity index (χ2v) is 6.66. The van der Waals surface area contributed by atoms with Crippen molar-refractivity contribution < 1.29 is 4.79 Å². The van der Waals surface area contributed by atoms with Crippen molar-refractivity contribution in [1.82, 2.24) is 4.90 Å². The molecule has 1 aromatic rings. The fourth-order valence-corrected chi connectivity index (χ4v) is 4.03. The molecule has 1 heterocycles. The maximum Gasteiger partial charge on any atom is 0.264 e. The molecular formula is C16H22N2OS. The molecule has 0 N–H and O–H groups in total. The summed E-state index contributed by atoms with van der Waals surface area (Å²) in [6, 6.07) is 4.36. The third kappa shape index (κ3) is 2.47. The van der Waals surface area contributed by atoms with Crippen molar-refractivity contribution in [3.63, 3.8) is 0 Å². The Morgan fingerprint density at radius 3 is 2.65 bits per heavy atom. The summed E-state index contributed by atoms with van der Waals surface area (Å²) >= 11 is 1.61. The van der Waals surface area contributed by atoms with E-state index < -0.39 is 5.54 Å². The Labute approximate surface area is 125 Å². The molecule has 3 nitrogen and oxygen atoms in total. The SMILES string of the molecule is CCCc1sc(C(=O)N(C)C2(C#N)CCC2)cc1CC. The zero-order valence-corrected chi connectivity index (χ0v) is 13.3. The zero-order valence-electron chi connectivity index (χ0n) is 12.5. The lowest BCUT2D eigenvalue weighted by Gasteiger charge is -2.42. The molecule has 1 amide bonds. The summed E-state index contributed by atoms with van der Waals surface area (Å²) in [6.45, 7) is 4.29. The van der Waals surface area contributed by atoms with Gasteiger partial charge in [-0.2, -0.15) is 5.26 Å². The average Bonchev–Trinajstić information content (AvgIpc) is 2.80. The first-order valence-electron chi connectivity index (χ1n) is 7.39. The molecule has 2 rings (SSSR count). The smallest absolute Gasteiger partial charge is 0.264 e. The van der Waals surface area contributed by atoms with Crippen LogP contribution in [0.5, 0.6) is 0 Å². The molecule has 0 radical (unpaired) electrons. The number of amides is 1. The van der Waals surface area contributed by atoms with Crippen molar-refractivity contribution in [3.8, 4) is 6.07 Å². The monoisotopic (exact) mass is 290 g/mol. The maximum absolute atomic E-state index is 12.6. The van der Waals surface area contributed by atoms with Gasteiger partial charge >= 0.3 is 0 Å². The summed E-state index contributed by atoms with van der Waals surface area (Å²) in [5, 5.41) is 9.35. The maximum atomic E-state index is 12.6. The second-order valence-electron chi connectivity index (χ2n) is 5.52. The van der Waals surface area contributed by atoms with Gasteiger partial charge in [0, 0.05) is 11.9 Å². The van der Waals surface area contributed by atoms with Gasteiger partial charge in [0.2, 0.25) is 0 Å². The topological polar surface area (TPSA) is 44.1 Å². The van der Waals surface area contributed by atoms with E-state index in [0.29, 0.717) is 0 Å². The van der Waals surface area contributed by atoms with Gasteiger partial charge in [-0.15, -0.1) is 11.3 Å². The number of hydrogen-bond donors (Lipinski definition) is 0. The Kier molecular flexibility index (Phi) is 4.49. The normalized spacial score (nSPS) is 16.3. The van der Waals surface area contributed by atoms with Crippen molar-refractivity contribution >= 4 is 17.2 Å². The molecular weight excluding hydrogens is 268 g/mol. The predicted molar refractivity (Wildman–Crippen MR) is 82.0 cm³/mol. The first-order chi connectivity index (χ1) is 9.57. The molecule has 0 aromatic carbocycles. The van der Waals surface area contributed by atoms with Gasteiger partial charge in [0.25, 0.3) is 5.91 Å². The number of aryl methyl sites for hydroxylation is 2. The molecule has 1 aromatic heterocycles.